The molecule has 0 radical (unpaired) electrons. The van der Waals surface area contributed by atoms with E-state index < -0.39 is 6.10 Å². The molecule has 0 amide bonds. The van der Waals surface area contributed by atoms with E-state index in [2.05, 4.69) is 154 Å². The standard InChI is InChI=1S/C69H112O6/c1-4-7-10-13-15-17-19-21-23-25-27-29-31-32-33-34-35-36-38-39-41-43-45-47-49-51-53-56-59-62-68(71)74-65-66(64-73-67(70)61-58-55-12-9-6-3)75-69(72)63-60-57-54-52-50-48-46-44-42-40-37-30-28-26-24-22-20-18-16-14-11-8-5-2/h7,10,15,17,20-23,26-29,32-33,35-37,39-41,45,47,66H,4-6,8-9,11-14,16,18-19,24-25,30-31,34,38,42-44,46,48-65H2,1-3H3/b10-7-,17-15-,22-20-,23-21-,28-26-,29-27-,33-32-,36-35-,40-37-,41-39-,47-45-. The smallest absolute Gasteiger partial charge is 0.306 e. The van der Waals surface area contributed by atoms with Crippen LogP contribution in [0.4, 0.5) is 0 Å². The minimum Gasteiger partial charge on any atom is -0.462 e. The fraction of sp³-hybridized carbons (Fsp3) is 0.638. The fourth-order valence-electron chi connectivity index (χ4n) is 8.05. The van der Waals surface area contributed by atoms with Crippen LogP contribution in [0.3, 0.4) is 0 Å². The van der Waals surface area contributed by atoms with Crippen molar-refractivity contribution >= 4 is 17.9 Å². The maximum atomic E-state index is 12.8. The van der Waals surface area contributed by atoms with Crippen molar-refractivity contribution in [1.29, 1.82) is 0 Å². The van der Waals surface area contributed by atoms with Crippen LogP contribution in [-0.2, 0) is 28.6 Å². The van der Waals surface area contributed by atoms with Gasteiger partial charge in [0.1, 0.15) is 13.2 Å². The molecule has 0 aromatic heterocycles. The molecule has 0 aliphatic carbocycles. The minimum absolute atomic E-state index is 0.0936. The molecule has 0 bridgehead atoms. The molecule has 0 aromatic carbocycles. The predicted octanol–water partition coefficient (Wildman–Crippen LogP) is 21.0. The summed E-state index contributed by atoms with van der Waals surface area (Å²) in [6, 6.07) is 0. The number of allylic oxidation sites excluding steroid dienone is 22. The molecule has 0 fully saturated rings. The van der Waals surface area contributed by atoms with Crippen molar-refractivity contribution in [3.8, 4) is 0 Å². The number of esters is 3. The second-order valence-electron chi connectivity index (χ2n) is 19.9. The molecule has 1 atom stereocenters. The van der Waals surface area contributed by atoms with Crippen LogP contribution in [0, 0.1) is 0 Å². The van der Waals surface area contributed by atoms with E-state index in [9.17, 15) is 14.4 Å². The molecular formula is C69H112O6. The summed E-state index contributed by atoms with van der Waals surface area (Å²) in [6.07, 6.45) is 87.8. The van der Waals surface area contributed by atoms with Crippen molar-refractivity contribution < 1.29 is 28.6 Å². The third kappa shape index (κ3) is 60.3. The average Bonchev–Trinajstić information content (AvgIpc) is 3.41. The molecule has 0 aliphatic rings. The van der Waals surface area contributed by atoms with Crippen molar-refractivity contribution in [2.24, 2.45) is 0 Å². The zero-order chi connectivity index (χ0) is 54.3. The maximum absolute atomic E-state index is 12.8. The molecule has 424 valence electrons. The van der Waals surface area contributed by atoms with Gasteiger partial charge >= 0.3 is 17.9 Å². The Labute approximate surface area is 462 Å². The highest BCUT2D eigenvalue weighted by Crippen LogP contribution is 2.14. The van der Waals surface area contributed by atoms with Gasteiger partial charge in [-0.05, 0) is 122 Å². The predicted molar refractivity (Wildman–Crippen MR) is 325 cm³/mol. The molecular weight excluding hydrogens is 925 g/mol. The van der Waals surface area contributed by atoms with Crippen LogP contribution in [0.5, 0.6) is 0 Å². The van der Waals surface area contributed by atoms with E-state index in [-0.39, 0.29) is 31.1 Å². The van der Waals surface area contributed by atoms with Crippen molar-refractivity contribution in [2.75, 3.05) is 13.2 Å². The third-order valence-corrected chi connectivity index (χ3v) is 12.6. The number of ether oxygens (including phenoxy) is 3. The van der Waals surface area contributed by atoms with Gasteiger partial charge in [0.05, 0.1) is 0 Å². The van der Waals surface area contributed by atoms with E-state index in [1.54, 1.807) is 0 Å². The summed E-state index contributed by atoms with van der Waals surface area (Å²) in [5, 5.41) is 0. The van der Waals surface area contributed by atoms with E-state index in [1.807, 2.05) is 0 Å². The topological polar surface area (TPSA) is 78.9 Å². The van der Waals surface area contributed by atoms with Gasteiger partial charge in [0, 0.05) is 19.3 Å². The van der Waals surface area contributed by atoms with Gasteiger partial charge in [-0.3, -0.25) is 14.4 Å². The van der Waals surface area contributed by atoms with Crippen molar-refractivity contribution in [3.05, 3.63) is 134 Å². The number of hydrogen-bond donors (Lipinski definition) is 0. The summed E-state index contributed by atoms with van der Waals surface area (Å²) >= 11 is 0. The second kappa shape index (κ2) is 62.1. The highest BCUT2D eigenvalue weighted by Gasteiger charge is 2.19. The lowest BCUT2D eigenvalue weighted by Gasteiger charge is -2.18. The van der Waals surface area contributed by atoms with Gasteiger partial charge in [0.2, 0.25) is 0 Å². The van der Waals surface area contributed by atoms with Crippen molar-refractivity contribution in [2.45, 2.75) is 271 Å². The number of carbonyl (C=O) groups excluding carboxylic acids is 3. The van der Waals surface area contributed by atoms with Crippen LogP contribution in [-0.4, -0.2) is 37.2 Å². The quantitative estimate of drug-likeness (QED) is 0.0261. The van der Waals surface area contributed by atoms with Crippen LogP contribution in [0.25, 0.3) is 0 Å². The first-order valence-corrected chi connectivity index (χ1v) is 30.7. The number of hydrogen-bond acceptors (Lipinski definition) is 6. The molecule has 0 N–H and O–H groups in total. The first-order valence-electron chi connectivity index (χ1n) is 30.7. The monoisotopic (exact) mass is 1040 g/mol. The third-order valence-electron chi connectivity index (χ3n) is 12.6. The molecule has 0 rings (SSSR count). The van der Waals surface area contributed by atoms with E-state index in [1.165, 1.54) is 70.6 Å². The normalized spacial score (nSPS) is 13.1. The first kappa shape index (κ1) is 70.5. The van der Waals surface area contributed by atoms with Gasteiger partial charge in [-0.15, -0.1) is 0 Å². The van der Waals surface area contributed by atoms with Gasteiger partial charge in [-0.2, -0.15) is 0 Å². The van der Waals surface area contributed by atoms with Gasteiger partial charge in [0.25, 0.3) is 0 Å². The Morgan fingerprint density at radius 2 is 0.520 bits per heavy atom. The van der Waals surface area contributed by atoms with Gasteiger partial charge in [0.15, 0.2) is 6.10 Å². The summed E-state index contributed by atoms with van der Waals surface area (Å²) in [6.45, 7) is 6.40. The summed E-state index contributed by atoms with van der Waals surface area (Å²) < 4.78 is 16.7. The highest BCUT2D eigenvalue weighted by atomic mass is 16.6. The minimum atomic E-state index is -0.794. The Morgan fingerprint density at radius 1 is 0.280 bits per heavy atom. The SMILES string of the molecule is CC/C=C\C/C=C\C/C=C\C/C=C\C/C=C\C/C=C\C/C=C\C/C=C\CCCCCCC(=O)OCC(COC(=O)CCCCCCC)OC(=O)CCCCCCCCCC/C=C\C/C=C\C/C=C\CCCCCCC. The van der Waals surface area contributed by atoms with Crippen LogP contribution in [0.2, 0.25) is 0 Å². The molecule has 0 spiro atoms. The van der Waals surface area contributed by atoms with Crippen LogP contribution in [0.15, 0.2) is 134 Å². The molecule has 75 heavy (non-hydrogen) atoms. The zero-order valence-electron chi connectivity index (χ0n) is 48.5. The molecule has 0 saturated carbocycles. The van der Waals surface area contributed by atoms with Gasteiger partial charge in [-0.1, -0.05) is 257 Å². The molecule has 6 nitrogen and oxygen atoms in total. The Bertz CT molecular complexity index is 1620. The average molecular weight is 1040 g/mol. The largest absolute Gasteiger partial charge is 0.462 e. The van der Waals surface area contributed by atoms with Gasteiger partial charge in [-0.25, -0.2) is 0 Å². The molecule has 0 aliphatic heterocycles. The summed E-state index contributed by atoms with van der Waals surface area (Å²) in [7, 11) is 0. The van der Waals surface area contributed by atoms with Crippen LogP contribution >= 0.6 is 0 Å². The molecule has 0 heterocycles. The van der Waals surface area contributed by atoms with Crippen LogP contribution < -0.4 is 0 Å². The van der Waals surface area contributed by atoms with Crippen molar-refractivity contribution in [1.82, 2.24) is 0 Å². The highest BCUT2D eigenvalue weighted by molar-refractivity contribution is 5.71. The van der Waals surface area contributed by atoms with E-state index in [4.69, 9.17) is 14.2 Å². The van der Waals surface area contributed by atoms with Crippen molar-refractivity contribution in [3.63, 3.8) is 0 Å². The Kier molecular flexibility index (Phi) is 58.4. The maximum Gasteiger partial charge on any atom is 0.306 e. The van der Waals surface area contributed by atoms with Crippen LogP contribution in [0.1, 0.15) is 265 Å². The summed E-state index contributed by atoms with van der Waals surface area (Å²) in [4.78, 5) is 37.9. The lowest BCUT2D eigenvalue weighted by atomic mass is 10.1. The fourth-order valence-corrected chi connectivity index (χ4v) is 8.05. The Morgan fingerprint density at radius 3 is 0.813 bits per heavy atom. The molecule has 1 unspecified atom stereocenters. The molecule has 0 aromatic rings. The summed E-state index contributed by atoms with van der Waals surface area (Å²) in [5.41, 5.74) is 0. The second-order valence-corrected chi connectivity index (χ2v) is 19.9. The van der Waals surface area contributed by atoms with E-state index in [0.29, 0.717) is 19.3 Å². The zero-order valence-corrected chi connectivity index (χ0v) is 48.5. The summed E-state index contributed by atoms with van der Waals surface area (Å²) in [5.74, 6) is -0.943. The van der Waals surface area contributed by atoms with E-state index in [0.717, 1.165) is 154 Å². The Hall–Kier alpha value is -4.45. The number of carbonyl (C=O) groups is 3. The molecule has 0 saturated heterocycles. The number of unbranched alkanes of at least 4 members (excludes halogenated alkanes) is 21. The Balaban J connectivity index is 4.19. The lowest BCUT2D eigenvalue weighted by molar-refractivity contribution is -0.167. The first-order chi connectivity index (χ1) is 37.0. The lowest BCUT2D eigenvalue weighted by Crippen LogP contribution is -2.30. The van der Waals surface area contributed by atoms with Gasteiger partial charge < -0.3 is 14.2 Å². The van der Waals surface area contributed by atoms with E-state index >= 15 is 0 Å². The number of rotatable bonds is 54. The molecule has 6 heteroatoms.